The number of ether oxygens (including phenoxy) is 1. The van der Waals surface area contributed by atoms with E-state index in [1.165, 1.54) is 4.90 Å². The Hall–Kier alpha value is -1.15. The number of rotatable bonds is 4. The van der Waals surface area contributed by atoms with Crippen LogP contribution in [0, 0.1) is 0 Å². The summed E-state index contributed by atoms with van der Waals surface area (Å²) in [5.41, 5.74) is 0. The highest BCUT2D eigenvalue weighted by molar-refractivity contribution is 7.84. The molecule has 8 heteroatoms. The van der Waals surface area contributed by atoms with Gasteiger partial charge >= 0.3 is 12.0 Å². The molecular weight excluding hydrogens is 260 g/mol. The molecule has 0 spiro atoms. The summed E-state index contributed by atoms with van der Waals surface area (Å²) in [6, 6.07) is -1.68. The van der Waals surface area contributed by atoms with Crippen LogP contribution in [0.15, 0.2) is 0 Å². The molecule has 104 valence electrons. The third kappa shape index (κ3) is 4.26. The third-order valence-corrected chi connectivity index (χ3v) is 3.50. The SMILES string of the molecule is CC(CS(C)=O)NC(=O)N1CCOCC1C(=O)O. The van der Waals surface area contributed by atoms with Gasteiger partial charge in [-0.15, -0.1) is 0 Å². The standard InChI is InChI=1S/C10H18N2O5S/c1-7(6-18(2)16)11-10(15)12-3-4-17-5-8(12)9(13)14/h7-8H,3-6H2,1-2H3,(H,11,15)(H,13,14). The van der Waals surface area contributed by atoms with Crippen LogP contribution in [0.3, 0.4) is 0 Å². The van der Waals surface area contributed by atoms with Crippen molar-refractivity contribution in [3.8, 4) is 0 Å². The number of carboxylic acids is 1. The fourth-order valence-electron chi connectivity index (χ4n) is 1.74. The number of carboxylic acid groups (broad SMARTS) is 1. The number of hydrogen-bond acceptors (Lipinski definition) is 4. The summed E-state index contributed by atoms with van der Waals surface area (Å²) in [5, 5.41) is 11.6. The smallest absolute Gasteiger partial charge is 0.328 e. The van der Waals surface area contributed by atoms with Crippen LogP contribution in [0.4, 0.5) is 4.79 Å². The minimum Gasteiger partial charge on any atom is -0.480 e. The molecule has 0 bridgehead atoms. The molecule has 3 atom stereocenters. The summed E-state index contributed by atoms with van der Waals surface area (Å²) in [7, 11) is -1.01. The summed E-state index contributed by atoms with van der Waals surface area (Å²) >= 11 is 0. The molecule has 1 aliphatic heterocycles. The summed E-state index contributed by atoms with van der Waals surface area (Å²) in [6.07, 6.45) is 1.55. The molecule has 3 unspecified atom stereocenters. The van der Waals surface area contributed by atoms with Gasteiger partial charge in [-0.05, 0) is 6.92 Å². The molecule has 1 heterocycles. The fraction of sp³-hybridized carbons (Fsp3) is 0.800. The van der Waals surface area contributed by atoms with E-state index < -0.39 is 28.8 Å². The fourth-order valence-corrected chi connectivity index (χ4v) is 2.53. The molecule has 0 aromatic rings. The van der Waals surface area contributed by atoms with Gasteiger partial charge < -0.3 is 20.1 Å². The maximum Gasteiger partial charge on any atom is 0.328 e. The zero-order chi connectivity index (χ0) is 13.7. The highest BCUT2D eigenvalue weighted by atomic mass is 32.2. The number of nitrogens with zero attached hydrogens (tertiary/aromatic N) is 1. The minimum atomic E-state index is -1.09. The number of morpholine rings is 1. The first kappa shape index (κ1) is 14.9. The average molecular weight is 278 g/mol. The van der Waals surface area contributed by atoms with E-state index in [-0.39, 0.29) is 19.2 Å². The molecule has 0 aromatic heterocycles. The van der Waals surface area contributed by atoms with E-state index in [1.54, 1.807) is 13.2 Å². The Kier molecular flexibility index (Phi) is 5.54. The van der Waals surface area contributed by atoms with Crippen LogP contribution in [-0.2, 0) is 20.3 Å². The van der Waals surface area contributed by atoms with E-state index in [1.807, 2.05) is 0 Å². The number of carbonyl (C=O) groups excluding carboxylic acids is 1. The van der Waals surface area contributed by atoms with E-state index in [2.05, 4.69) is 5.32 Å². The van der Waals surface area contributed by atoms with Crippen LogP contribution in [0.5, 0.6) is 0 Å². The number of carbonyl (C=O) groups is 2. The van der Waals surface area contributed by atoms with Crippen molar-refractivity contribution in [3.63, 3.8) is 0 Å². The number of nitrogens with one attached hydrogen (secondary N) is 1. The molecule has 0 saturated carbocycles. The summed E-state index contributed by atoms with van der Waals surface area (Å²) in [6.45, 7) is 2.29. The van der Waals surface area contributed by atoms with E-state index in [0.717, 1.165) is 0 Å². The molecule has 0 aromatic carbocycles. The van der Waals surface area contributed by atoms with Crippen LogP contribution in [0.1, 0.15) is 6.92 Å². The first-order chi connectivity index (χ1) is 8.41. The Balaban J connectivity index is 2.58. The first-order valence-electron chi connectivity index (χ1n) is 5.59. The van der Waals surface area contributed by atoms with Gasteiger partial charge in [0, 0.05) is 35.4 Å². The van der Waals surface area contributed by atoms with Crippen molar-refractivity contribution in [1.29, 1.82) is 0 Å². The van der Waals surface area contributed by atoms with Crippen molar-refractivity contribution in [1.82, 2.24) is 10.2 Å². The maximum atomic E-state index is 11.9. The van der Waals surface area contributed by atoms with Crippen LogP contribution >= 0.6 is 0 Å². The van der Waals surface area contributed by atoms with Crippen molar-refractivity contribution in [2.45, 2.75) is 19.0 Å². The largest absolute Gasteiger partial charge is 0.480 e. The quantitative estimate of drug-likeness (QED) is 0.705. The molecule has 1 rings (SSSR count). The lowest BCUT2D eigenvalue weighted by Crippen LogP contribution is -2.57. The van der Waals surface area contributed by atoms with Gasteiger partial charge in [0.15, 0.2) is 6.04 Å². The molecule has 1 fully saturated rings. The normalized spacial score (nSPS) is 23.2. The molecular formula is C10H18N2O5S. The topological polar surface area (TPSA) is 95.9 Å². The van der Waals surface area contributed by atoms with Crippen LogP contribution in [-0.4, -0.2) is 70.1 Å². The van der Waals surface area contributed by atoms with Crippen molar-refractivity contribution in [2.24, 2.45) is 0 Å². The molecule has 2 amide bonds. The molecule has 0 radical (unpaired) electrons. The van der Waals surface area contributed by atoms with E-state index in [0.29, 0.717) is 12.4 Å². The van der Waals surface area contributed by atoms with Crippen LogP contribution in [0.25, 0.3) is 0 Å². The van der Waals surface area contributed by atoms with Crippen molar-refractivity contribution in [3.05, 3.63) is 0 Å². The summed E-state index contributed by atoms with van der Waals surface area (Å²) in [5.74, 6) is -0.745. The Bertz CT molecular complexity index is 349. The summed E-state index contributed by atoms with van der Waals surface area (Å²) in [4.78, 5) is 24.1. The molecule has 1 saturated heterocycles. The molecule has 2 N–H and O–H groups in total. The first-order valence-corrected chi connectivity index (χ1v) is 7.32. The van der Waals surface area contributed by atoms with Gasteiger partial charge in [0.05, 0.1) is 13.2 Å². The van der Waals surface area contributed by atoms with Gasteiger partial charge in [-0.25, -0.2) is 9.59 Å². The molecule has 1 aliphatic rings. The monoisotopic (exact) mass is 278 g/mol. The van der Waals surface area contributed by atoms with E-state index >= 15 is 0 Å². The van der Waals surface area contributed by atoms with E-state index in [9.17, 15) is 13.8 Å². The second-order valence-electron chi connectivity index (χ2n) is 4.21. The summed E-state index contributed by atoms with van der Waals surface area (Å²) < 4.78 is 16.1. The molecule has 7 nitrogen and oxygen atoms in total. The number of urea groups is 1. The Morgan fingerprint density at radius 3 is 2.83 bits per heavy atom. The van der Waals surface area contributed by atoms with Gasteiger partial charge in [-0.2, -0.15) is 0 Å². The lowest BCUT2D eigenvalue weighted by molar-refractivity contribution is -0.147. The van der Waals surface area contributed by atoms with Gasteiger partial charge in [0.2, 0.25) is 0 Å². The minimum absolute atomic E-state index is 0.00313. The second-order valence-corrected chi connectivity index (χ2v) is 5.69. The lowest BCUT2D eigenvalue weighted by Gasteiger charge is -2.33. The second kappa shape index (κ2) is 6.69. The predicted molar refractivity (Wildman–Crippen MR) is 65.9 cm³/mol. The highest BCUT2D eigenvalue weighted by Gasteiger charge is 2.33. The van der Waals surface area contributed by atoms with E-state index in [4.69, 9.17) is 9.84 Å². The molecule has 18 heavy (non-hydrogen) atoms. The van der Waals surface area contributed by atoms with Gasteiger partial charge in [0.1, 0.15) is 0 Å². The van der Waals surface area contributed by atoms with Gasteiger partial charge in [-0.1, -0.05) is 0 Å². The number of amides is 2. The van der Waals surface area contributed by atoms with Crippen molar-refractivity contribution >= 4 is 22.8 Å². The van der Waals surface area contributed by atoms with Crippen LogP contribution in [0.2, 0.25) is 0 Å². The molecule has 0 aliphatic carbocycles. The lowest BCUT2D eigenvalue weighted by atomic mass is 10.2. The zero-order valence-corrected chi connectivity index (χ0v) is 11.2. The predicted octanol–water partition coefficient (Wildman–Crippen LogP) is -0.752. The van der Waals surface area contributed by atoms with Gasteiger partial charge in [0.25, 0.3) is 0 Å². The Morgan fingerprint density at radius 1 is 1.61 bits per heavy atom. The third-order valence-electron chi connectivity index (χ3n) is 2.53. The highest BCUT2D eigenvalue weighted by Crippen LogP contribution is 2.07. The average Bonchev–Trinajstić information content (AvgIpc) is 2.27. The Labute approximate surface area is 108 Å². The Morgan fingerprint density at radius 2 is 2.28 bits per heavy atom. The maximum absolute atomic E-state index is 11.9. The van der Waals surface area contributed by atoms with Gasteiger partial charge in [-0.3, -0.25) is 4.21 Å². The van der Waals surface area contributed by atoms with Crippen molar-refractivity contribution in [2.75, 3.05) is 31.8 Å². The van der Waals surface area contributed by atoms with Crippen LogP contribution < -0.4 is 5.32 Å². The number of hydrogen-bond donors (Lipinski definition) is 2. The van der Waals surface area contributed by atoms with Crippen molar-refractivity contribution < 1.29 is 23.6 Å². The zero-order valence-electron chi connectivity index (χ0n) is 10.4. The number of aliphatic carboxylic acids is 1.